The maximum atomic E-state index is 13.3. The number of H-pyrrole nitrogens is 1. The van der Waals surface area contributed by atoms with Crippen molar-refractivity contribution < 1.29 is 23.9 Å². The van der Waals surface area contributed by atoms with Crippen molar-refractivity contribution >= 4 is 40.1 Å². The second kappa shape index (κ2) is 15.6. The largest absolute Gasteiger partial charge is 0.494 e. The number of aromatic amines is 1. The first-order valence-electron chi connectivity index (χ1n) is 19.5. The van der Waals surface area contributed by atoms with Crippen LogP contribution in [0.1, 0.15) is 77.1 Å². The van der Waals surface area contributed by atoms with E-state index < -0.39 is 11.9 Å². The third-order valence-electron chi connectivity index (χ3n) is 11.8. The Kier molecular flexibility index (Phi) is 10.3. The monoisotopic (exact) mass is 744 g/mol. The number of anilines is 2. The number of benzene rings is 2. The highest BCUT2D eigenvalue weighted by Crippen LogP contribution is 2.37. The Morgan fingerprint density at radius 3 is 2.45 bits per heavy atom. The van der Waals surface area contributed by atoms with Gasteiger partial charge in [0, 0.05) is 63.8 Å². The Morgan fingerprint density at radius 1 is 0.945 bits per heavy atom. The molecule has 0 spiro atoms. The summed E-state index contributed by atoms with van der Waals surface area (Å²) in [4.78, 5) is 54.2. The Hall–Kier alpha value is -5.61. The number of imide groups is 1. The second-order valence-corrected chi connectivity index (χ2v) is 15.1. The summed E-state index contributed by atoms with van der Waals surface area (Å²) >= 11 is 0. The lowest BCUT2D eigenvalue weighted by Crippen LogP contribution is -2.52. The summed E-state index contributed by atoms with van der Waals surface area (Å²) in [6, 6.07) is 16.6. The van der Waals surface area contributed by atoms with E-state index in [1.165, 1.54) is 23.3 Å². The summed E-state index contributed by atoms with van der Waals surface area (Å²) in [5.74, 6) is 1.46. The zero-order valence-corrected chi connectivity index (χ0v) is 31.6. The van der Waals surface area contributed by atoms with Gasteiger partial charge >= 0.3 is 0 Å². The van der Waals surface area contributed by atoms with Gasteiger partial charge in [-0.3, -0.25) is 24.6 Å². The molecular formula is C42H48N8O5. The molecule has 0 saturated carbocycles. The number of carbonyl (C=O) groups is 3. The zero-order valence-electron chi connectivity index (χ0n) is 31.6. The number of pyridine rings is 1. The molecule has 2 aromatic heterocycles. The maximum absolute atomic E-state index is 13.3. The quantitative estimate of drug-likeness (QED) is 0.161. The number of piperidine rings is 2. The van der Waals surface area contributed by atoms with Gasteiger partial charge in [0.1, 0.15) is 29.2 Å². The van der Waals surface area contributed by atoms with E-state index in [1.54, 1.807) is 0 Å². The molecule has 3 saturated heterocycles. The number of nitrogens with zero attached hydrogens (tertiary/aromatic N) is 6. The predicted octanol–water partition coefficient (Wildman–Crippen LogP) is 4.88. The highest BCUT2D eigenvalue weighted by Gasteiger charge is 2.41. The average molecular weight is 745 g/mol. The number of rotatable bonds is 11. The van der Waals surface area contributed by atoms with Crippen LogP contribution in [0.3, 0.4) is 0 Å². The van der Waals surface area contributed by atoms with Crippen LogP contribution >= 0.6 is 0 Å². The van der Waals surface area contributed by atoms with Gasteiger partial charge in [-0.1, -0.05) is 18.2 Å². The summed E-state index contributed by atoms with van der Waals surface area (Å²) in [6.45, 7) is 9.44. The topological polar surface area (TPSA) is 147 Å². The van der Waals surface area contributed by atoms with Crippen LogP contribution in [0.4, 0.5) is 11.5 Å². The lowest BCUT2D eigenvalue weighted by Gasteiger charge is -2.35. The standard InChI is InChI=1S/C42H48N8O5/c1-27-5-10-33(39-37(27)31(24-43)25-44-39)48-16-13-29(14-17-48)28-6-8-32(9-7-28)55-22-4-3-15-47-18-20-49(21-19-47)35-23-30-26-50(34-11-12-36(51)46-40(34)52)42(53)38(30)41(45-35)54-2/h5-10,23,25,29,34,44H,3-4,11-22,26H2,1-2H3,(H,46,51,52). The molecule has 3 amide bonds. The minimum absolute atomic E-state index is 0.213. The first kappa shape index (κ1) is 36.4. The van der Waals surface area contributed by atoms with E-state index in [4.69, 9.17) is 14.5 Å². The van der Waals surface area contributed by atoms with Crippen molar-refractivity contribution in [3.63, 3.8) is 0 Å². The number of hydrogen-bond acceptors (Lipinski definition) is 10. The Balaban J connectivity index is 0.759. The van der Waals surface area contributed by atoms with Crippen molar-refractivity contribution in [3.8, 4) is 17.7 Å². The normalized spacial score (nSPS) is 19.5. The first-order chi connectivity index (χ1) is 26.8. The van der Waals surface area contributed by atoms with Crippen LogP contribution < -0.4 is 24.6 Å². The van der Waals surface area contributed by atoms with E-state index in [-0.39, 0.29) is 30.7 Å². The SMILES string of the molecule is COc1nc(N2CCN(CCCCOc3ccc(C4CCN(c5ccc(C)c6c(C#N)c[nH]c56)CC4)cc3)CC2)cc2c1C(=O)N(C1CCC(=O)NC1=O)C2. The van der Waals surface area contributed by atoms with Gasteiger partial charge in [-0.15, -0.1) is 0 Å². The molecule has 2 N–H and O–H groups in total. The molecule has 4 aliphatic heterocycles. The first-order valence-corrected chi connectivity index (χ1v) is 19.5. The van der Waals surface area contributed by atoms with Gasteiger partial charge in [0.25, 0.3) is 5.91 Å². The molecule has 6 heterocycles. The van der Waals surface area contributed by atoms with E-state index in [0.29, 0.717) is 30.1 Å². The number of amides is 3. The number of nitriles is 1. The molecule has 0 bridgehead atoms. The van der Waals surface area contributed by atoms with Gasteiger partial charge < -0.3 is 29.2 Å². The number of carbonyl (C=O) groups excluding carboxylic acids is 3. The number of methoxy groups -OCH3 is 1. The number of piperazine rings is 1. The van der Waals surface area contributed by atoms with Crippen LogP contribution in [0.15, 0.2) is 48.7 Å². The average Bonchev–Trinajstić information content (AvgIpc) is 3.80. The van der Waals surface area contributed by atoms with Crippen LogP contribution in [0.5, 0.6) is 11.6 Å². The van der Waals surface area contributed by atoms with Crippen molar-refractivity contribution in [2.24, 2.45) is 0 Å². The van der Waals surface area contributed by atoms with Crippen LogP contribution in [0.25, 0.3) is 10.9 Å². The van der Waals surface area contributed by atoms with Gasteiger partial charge in [0.2, 0.25) is 17.7 Å². The third-order valence-corrected chi connectivity index (χ3v) is 11.8. The summed E-state index contributed by atoms with van der Waals surface area (Å²) in [5, 5.41) is 12.9. The van der Waals surface area contributed by atoms with Crippen LogP contribution in [0, 0.1) is 18.3 Å². The number of aromatic nitrogens is 2. The van der Waals surface area contributed by atoms with Gasteiger partial charge in [-0.2, -0.15) is 10.2 Å². The Labute approximate surface area is 321 Å². The fourth-order valence-electron chi connectivity index (χ4n) is 8.73. The van der Waals surface area contributed by atoms with Crippen LogP contribution in [0.2, 0.25) is 0 Å². The molecule has 3 fully saturated rings. The number of fused-ring (bicyclic) bond motifs is 2. The molecule has 13 nitrogen and oxygen atoms in total. The van der Waals surface area contributed by atoms with E-state index >= 15 is 0 Å². The van der Waals surface area contributed by atoms with Crippen molar-refractivity contribution in [1.29, 1.82) is 5.26 Å². The Bertz CT molecular complexity index is 2130. The summed E-state index contributed by atoms with van der Waals surface area (Å²) < 4.78 is 11.7. The highest BCUT2D eigenvalue weighted by atomic mass is 16.5. The summed E-state index contributed by atoms with van der Waals surface area (Å²) in [7, 11) is 1.51. The lowest BCUT2D eigenvalue weighted by atomic mass is 9.89. The Morgan fingerprint density at radius 2 is 1.73 bits per heavy atom. The van der Waals surface area contributed by atoms with Gasteiger partial charge in [0.05, 0.1) is 30.5 Å². The molecule has 0 aliphatic carbocycles. The minimum atomic E-state index is -0.677. The van der Waals surface area contributed by atoms with E-state index in [0.717, 1.165) is 105 Å². The number of ether oxygens (including phenoxy) is 2. The smallest absolute Gasteiger partial charge is 0.260 e. The maximum Gasteiger partial charge on any atom is 0.260 e. The molecular weight excluding hydrogens is 697 g/mol. The van der Waals surface area contributed by atoms with Crippen LogP contribution in [-0.2, 0) is 16.1 Å². The predicted molar refractivity (Wildman–Crippen MR) is 209 cm³/mol. The minimum Gasteiger partial charge on any atom is -0.494 e. The van der Waals surface area contributed by atoms with E-state index in [2.05, 4.69) is 74.4 Å². The van der Waals surface area contributed by atoms with Crippen molar-refractivity contribution in [2.45, 2.75) is 64.0 Å². The second-order valence-electron chi connectivity index (χ2n) is 15.1. The molecule has 13 heteroatoms. The fraction of sp³-hybridized carbons (Fsp3) is 0.452. The van der Waals surface area contributed by atoms with Crippen molar-refractivity contribution in [1.82, 2.24) is 25.1 Å². The molecule has 0 radical (unpaired) electrons. The molecule has 4 aliphatic rings. The highest BCUT2D eigenvalue weighted by molar-refractivity contribution is 6.06. The molecule has 286 valence electrons. The van der Waals surface area contributed by atoms with Crippen molar-refractivity contribution in [2.75, 3.05) is 69.3 Å². The number of hydrogen-bond donors (Lipinski definition) is 2. The fourth-order valence-corrected chi connectivity index (χ4v) is 8.73. The summed E-state index contributed by atoms with van der Waals surface area (Å²) in [5.41, 5.74) is 6.64. The van der Waals surface area contributed by atoms with Gasteiger partial charge in [-0.05, 0) is 92.4 Å². The van der Waals surface area contributed by atoms with E-state index in [9.17, 15) is 19.6 Å². The van der Waals surface area contributed by atoms with Crippen LogP contribution in [-0.4, -0.2) is 103 Å². The third kappa shape index (κ3) is 7.31. The molecule has 4 aromatic rings. The number of aryl methyl sites for hydroxylation is 1. The van der Waals surface area contributed by atoms with Crippen molar-refractivity contribution in [3.05, 3.63) is 76.5 Å². The molecule has 55 heavy (non-hydrogen) atoms. The van der Waals surface area contributed by atoms with Gasteiger partial charge in [0.15, 0.2) is 0 Å². The summed E-state index contributed by atoms with van der Waals surface area (Å²) in [6.07, 6.45) is 6.54. The number of nitrogens with one attached hydrogen (secondary N) is 2. The number of unbranched alkanes of at least 4 members (excludes halogenated alkanes) is 1. The van der Waals surface area contributed by atoms with Gasteiger partial charge in [-0.25, -0.2) is 0 Å². The zero-order chi connectivity index (χ0) is 38.1. The molecule has 2 aromatic carbocycles. The molecule has 1 unspecified atom stereocenters. The molecule has 8 rings (SSSR count). The van der Waals surface area contributed by atoms with E-state index in [1.807, 2.05) is 12.3 Å². The molecule has 1 atom stereocenters. The lowest BCUT2D eigenvalue weighted by molar-refractivity contribution is -0.136.